The molecule has 0 saturated heterocycles. The van der Waals surface area contributed by atoms with Crippen molar-refractivity contribution in [1.29, 1.82) is 0 Å². The lowest BCUT2D eigenvalue weighted by atomic mass is 10.2. The average molecular weight is 268 g/mol. The molecular weight excluding hydrogens is 247 g/mol. The number of rotatable bonds is 6. The molecule has 1 rings (SSSR count). The van der Waals surface area contributed by atoms with Crippen LogP contribution in [-0.4, -0.2) is 24.9 Å². The first-order chi connectivity index (χ1) is 8.54. The highest BCUT2D eigenvalue weighted by Gasteiger charge is 2.23. The summed E-state index contributed by atoms with van der Waals surface area (Å²) in [5, 5.41) is 0. The number of hydrogen-bond acceptors (Lipinski definition) is 3. The Morgan fingerprint density at radius 1 is 1.22 bits per heavy atom. The van der Waals surface area contributed by atoms with Crippen LogP contribution in [0, 0.1) is 5.92 Å². The number of carbonyl (C=O) groups excluding carboxylic acids is 1. The topological polar surface area (TPSA) is 35.5 Å². The van der Waals surface area contributed by atoms with E-state index >= 15 is 0 Å². The third kappa shape index (κ3) is 4.66. The number of benzene rings is 1. The summed E-state index contributed by atoms with van der Waals surface area (Å²) < 4.78 is 10.8. The van der Waals surface area contributed by atoms with Gasteiger partial charge in [-0.3, -0.25) is 4.79 Å². The highest BCUT2D eigenvalue weighted by Crippen LogP contribution is 2.44. The van der Waals surface area contributed by atoms with Crippen molar-refractivity contribution < 1.29 is 14.1 Å². The Morgan fingerprint density at radius 3 is 2.33 bits per heavy atom. The molecule has 0 bridgehead atoms. The molecular formula is C14H21O3P. The quantitative estimate of drug-likeness (QED) is 0.583. The number of ether oxygens (including phenoxy) is 1. The summed E-state index contributed by atoms with van der Waals surface area (Å²) in [4.78, 5) is 11.5. The molecule has 0 saturated carbocycles. The van der Waals surface area contributed by atoms with Crippen LogP contribution >= 0.6 is 8.15 Å². The number of hydrogen-bond donors (Lipinski definition) is 0. The zero-order valence-corrected chi connectivity index (χ0v) is 12.3. The van der Waals surface area contributed by atoms with E-state index in [1.807, 2.05) is 37.3 Å². The third-order valence-electron chi connectivity index (χ3n) is 2.60. The van der Waals surface area contributed by atoms with Gasteiger partial charge in [0.05, 0.1) is 21.2 Å². The molecule has 0 amide bonds. The number of methoxy groups -OCH3 is 1. The molecule has 3 nitrogen and oxygen atoms in total. The van der Waals surface area contributed by atoms with E-state index in [1.54, 1.807) is 0 Å². The summed E-state index contributed by atoms with van der Waals surface area (Å²) in [6.45, 7) is 6.13. The summed E-state index contributed by atoms with van der Waals surface area (Å²) in [7, 11) is 0.751. The highest BCUT2D eigenvalue weighted by atomic mass is 31.1. The van der Waals surface area contributed by atoms with Crippen LogP contribution in [0.5, 0.6) is 5.75 Å². The van der Waals surface area contributed by atoms with Gasteiger partial charge in [-0.2, -0.15) is 0 Å². The van der Waals surface area contributed by atoms with Gasteiger partial charge in [0.25, 0.3) is 0 Å². The molecule has 0 aromatic heterocycles. The average Bonchev–Trinajstić information content (AvgIpc) is 2.37. The smallest absolute Gasteiger partial charge is 0.308 e. The van der Waals surface area contributed by atoms with Gasteiger partial charge in [0.1, 0.15) is 5.75 Å². The van der Waals surface area contributed by atoms with Gasteiger partial charge < -0.3 is 9.26 Å². The summed E-state index contributed by atoms with van der Waals surface area (Å²) in [6, 6.07) is 9.75. The van der Waals surface area contributed by atoms with Crippen molar-refractivity contribution in [3.05, 3.63) is 30.3 Å². The minimum Gasteiger partial charge on any atom is -0.474 e. The maximum absolute atomic E-state index is 11.5. The first-order valence-corrected chi connectivity index (χ1v) is 7.63. The van der Waals surface area contributed by atoms with Crippen molar-refractivity contribution in [3.8, 4) is 5.75 Å². The lowest BCUT2D eigenvalue weighted by molar-refractivity contribution is -0.144. The summed E-state index contributed by atoms with van der Waals surface area (Å²) in [5.74, 6) is 0.585. The molecule has 0 N–H and O–H groups in total. The van der Waals surface area contributed by atoms with Gasteiger partial charge >= 0.3 is 5.97 Å². The molecule has 18 heavy (non-hydrogen) atoms. The van der Waals surface area contributed by atoms with E-state index in [9.17, 15) is 4.79 Å². The molecule has 1 aromatic rings. The van der Waals surface area contributed by atoms with Crippen molar-refractivity contribution in [3.63, 3.8) is 0 Å². The fraction of sp³-hybridized carbons (Fsp3) is 0.500. The van der Waals surface area contributed by atoms with Crippen LogP contribution in [0.3, 0.4) is 0 Å². The summed E-state index contributed by atoms with van der Waals surface area (Å²) >= 11 is 0. The zero-order chi connectivity index (χ0) is 13.5. The summed E-state index contributed by atoms with van der Waals surface area (Å²) in [6.07, 6.45) is 0.731. The SMILES string of the molecule is COC(=O)C(C)CP(Oc1ccccc1)C(C)C. The van der Waals surface area contributed by atoms with Crippen molar-refractivity contribution in [2.45, 2.75) is 26.4 Å². The van der Waals surface area contributed by atoms with Crippen LogP contribution in [-0.2, 0) is 9.53 Å². The zero-order valence-electron chi connectivity index (χ0n) is 11.4. The Kier molecular flexibility index (Phi) is 6.14. The van der Waals surface area contributed by atoms with E-state index in [4.69, 9.17) is 9.26 Å². The first-order valence-electron chi connectivity index (χ1n) is 6.12. The van der Waals surface area contributed by atoms with Crippen LogP contribution in [0.4, 0.5) is 0 Å². The first kappa shape index (κ1) is 15.0. The predicted octanol–water partition coefficient (Wildman–Crippen LogP) is 3.68. The molecule has 1 aromatic carbocycles. The van der Waals surface area contributed by atoms with E-state index in [2.05, 4.69) is 13.8 Å². The second-order valence-corrected chi connectivity index (χ2v) is 6.94. The van der Waals surface area contributed by atoms with E-state index < -0.39 is 8.15 Å². The van der Waals surface area contributed by atoms with Crippen molar-refractivity contribution in [2.75, 3.05) is 13.3 Å². The molecule has 0 aliphatic rings. The molecule has 100 valence electrons. The molecule has 2 unspecified atom stereocenters. The fourth-order valence-electron chi connectivity index (χ4n) is 1.52. The summed E-state index contributed by atoms with van der Waals surface area (Å²) in [5.41, 5.74) is 0.410. The molecule has 0 heterocycles. The standard InChI is InChI=1S/C14H21O3P/c1-11(2)18(10-12(3)14(15)16-4)17-13-8-6-5-7-9-13/h5-9,11-12H,10H2,1-4H3. The van der Waals surface area contributed by atoms with Crippen LogP contribution < -0.4 is 4.52 Å². The molecule has 0 radical (unpaired) electrons. The second-order valence-electron chi connectivity index (χ2n) is 4.52. The Labute approximate surface area is 110 Å². The van der Waals surface area contributed by atoms with Crippen LogP contribution in [0.25, 0.3) is 0 Å². The minimum atomic E-state index is -0.674. The van der Waals surface area contributed by atoms with Crippen LogP contribution in [0.1, 0.15) is 20.8 Å². The normalized spacial score (nSPS) is 14.1. The van der Waals surface area contributed by atoms with Gasteiger partial charge in [-0.25, -0.2) is 0 Å². The number of para-hydroxylation sites is 1. The molecule has 2 atom stereocenters. The van der Waals surface area contributed by atoms with Crippen LogP contribution in [0.15, 0.2) is 30.3 Å². The van der Waals surface area contributed by atoms with E-state index in [-0.39, 0.29) is 11.9 Å². The number of esters is 1. The van der Waals surface area contributed by atoms with E-state index in [0.717, 1.165) is 11.9 Å². The minimum absolute atomic E-state index is 0.118. The van der Waals surface area contributed by atoms with Gasteiger partial charge in [-0.1, -0.05) is 39.0 Å². The van der Waals surface area contributed by atoms with E-state index in [0.29, 0.717) is 5.66 Å². The van der Waals surface area contributed by atoms with Gasteiger partial charge in [0.2, 0.25) is 0 Å². The van der Waals surface area contributed by atoms with Crippen molar-refractivity contribution in [2.24, 2.45) is 5.92 Å². The molecule has 4 heteroatoms. The van der Waals surface area contributed by atoms with Gasteiger partial charge in [0, 0.05) is 11.8 Å². The van der Waals surface area contributed by atoms with Gasteiger partial charge in [-0.15, -0.1) is 0 Å². The second kappa shape index (κ2) is 7.38. The molecule has 0 spiro atoms. The maximum Gasteiger partial charge on any atom is 0.308 e. The van der Waals surface area contributed by atoms with Gasteiger partial charge in [-0.05, 0) is 12.1 Å². The Morgan fingerprint density at radius 2 is 1.83 bits per heavy atom. The Hall–Kier alpha value is -1.08. The van der Waals surface area contributed by atoms with E-state index in [1.165, 1.54) is 7.11 Å². The fourth-order valence-corrected chi connectivity index (χ4v) is 3.30. The highest BCUT2D eigenvalue weighted by molar-refractivity contribution is 7.53. The Bertz CT molecular complexity index is 365. The maximum atomic E-state index is 11.5. The number of carbonyl (C=O) groups is 1. The lowest BCUT2D eigenvalue weighted by Gasteiger charge is -2.24. The Balaban J connectivity index is 2.63. The predicted molar refractivity (Wildman–Crippen MR) is 75.2 cm³/mol. The van der Waals surface area contributed by atoms with Gasteiger partial charge in [0.15, 0.2) is 0 Å². The molecule has 0 fully saturated rings. The monoisotopic (exact) mass is 268 g/mol. The lowest BCUT2D eigenvalue weighted by Crippen LogP contribution is -2.18. The molecule has 0 aliphatic carbocycles. The third-order valence-corrected chi connectivity index (χ3v) is 5.10. The van der Waals surface area contributed by atoms with Crippen molar-refractivity contribution >= 4 is 14.1 Å². The molecule has 0 aliphatic heterocycles. The van der Waals surface area contributed by atoms with Crippen LogP contribution in [0.2, 0.25) is 0 Å². The largest absolute Gasteiger partial charge is 0.474 e. The van der Waals surface area contributed by atoms with Crippen molar-refractivity contribution in [1.82, 2.24) is 0 Å².